The first-order valence-corrected chi connectivity index (χ1v) is 13.7. The highest BCUT2D eigenvalue weighted by molar-refractivity contribution is 7.80. The molecule has 14 heteroatoms. The van der Waals surface area contributed by atoms with E-state index < -0.39 is 53.8 Å². The highest BCUT2D eigenvalue weighted by Crippen LogP contribution is 2.19. The number of phenols is 1. The van der Waals surface area contributed by atoms with Gasteiger partial charge >= 0.3 is 5.97 Å². The van der Waals surface area contributed by atoms with Crippen LogP contribution in [0, 0.1) is 0 Å². The molecule has 4 atom stereocenters. The van der Waals surface area contributed by atoms with Crippen molar-refractivity contribution in [1.82, 2.24) is 20.9 Å². The number of nitrogens with two attached hydrogens (primary N) is 2. The van der Waals surface area contributed by atoms with Crippen LogP contribution < -0.4 is 27.4 Å². The van der Waals surface area contributed by atoms with E-state index in [1.807, 2.05) is 24.3 Å². The van der Waals surface area contributed by atoms with E-state index >= 15 is 0 Å². The maximum Gasteiger partial charge on any atom is 0.326 e. The summed E-state index contributed by atoms with van der Waals surface area (Å²) in [7, 11) is 0. The van der Waals surface area contributed by atoms with Gasteiger partial charge in [0.1, 0.15) is 23.9 Å². The number of thiol groups is 1. The first kappa shape index (κ1) is 32.0. The highest BCUT2D eigenvalue weighted by Gasteiger charge is 2.30. The minimum Gasteiger partial charge on any atom is -0.508 e. The number of fused-ring (bicyclic) bond motifs is 1. The molecule has 0 radical (unpaired) electrons. The predicted molar refractivity (Wildman–Crippen MR) is 157 cm³/mol. The van der Waals surface area contributed by atoms with Gasteiger partial charge < -0.3 is 42.6 Å². The average Bonchev–Trinajstić information content (AvgIpc) is 3.37. The molecule has 0 bridgehead atoms. The van der Waals surface area contributed by atoms with Crippen molar-refractivity contribution in [2.45, 2.75) is 49.9 Å². The molecule has 3 aromatic rings. The molecular weight excluding hydrogens is 564 g/mol. The molecule has 13 nitrogen and oxygen atoms in total. The number of phenolic OH excluding ortho intramolecular Hbond substituents is 1. The van der Waals surface area contributed by atoms with Gasteiger partial charge in [-0.3, -0.25) is 19.2 Å². The van der Waals surface area contributed by atoms with Gasteiger partial charge in [0, 0.05) is 42.1 Å². The van der Waals surface area contributed by atoms with Crippen molar-refractivity contribution >= 4 is 53.1 Å². The Morgan fingerprint density at radius 1 is 0.857 bits per heavy atom. The van der Waals surface area contributed by atoms with E-state index in [1.165, 1.54) is 24.3 Å². The van der Waals surface area contributed by atoms with Crippen LogP contribution in [0.5, 0.6) is 5.75 Å². The number of rotatable bonds is 15. The van der Waals surface area contributed by atoms with Crippen LogP contribution in [0.15, 0.2) is 54.7 Å². The zero-order valence-corrected chi connectivity index (χ0v) is 23.5. The van der Waals surface area contributed by atoms with Gasteiger partial charge in [0.05, 0.1) is 6.04 Å². The number of aromatic amines is 1. The summed E-state index contributed by atoms with van der Waals surface area (Å²) < 4.78 is 0. The number of H-pyrrole nitrogens is 1. The van der Waals surface area contributed by atoms with Crippen molar-refractivity contribution in [3.63, 3.8) is 0 Å². The average molecular weight is 599 g/mol. The molecule has 0 spiro atoms. The monoisotopic (exact) mass is 598 g/mol. The first-order valence-electron chi connectivity index (χ1n) is 13.1. The number of benzene rings is 2. The number of aliphatic carboxylic acids is 1. The standard InChI is InChI=1S/C28H34N6O7S/c29-19(9-10-24(30)36)25(37)32-21(12-16-13-31-20-4-2-1-3-18(16)20)26(38)34-23(14-42)27(39)33-22(28(40)41)11-15-5-7-17(35)8-6-15/h1-8,13,19,21-23,31,35,42H,9-12,14,29H2,(H2,30,36)(H,32,37)(H,33,39)(H,34,38)(H,40,41). The van der Waals surface area contributed by atoms with Crippen LogP contribution in [0.25, 0.3) is 10.9 Å². The topological polar surface area (TPSA) is 230 Å². The minimum absolute atomic E-state index is 0.00983. The predicted octanol–water partition coefficient (Wildman–Crippen LogP) is -0.280. The van der Waals surface area contributed by atoms with Crippen molar-refractivity contribution in [3.8, 4) is 5.75 Å². The Hall–Kier alpha value is -4.56. The second-order valence-corrected chi connectivity index (χ2v) is 10.1. The molecule has 0 saturated heterocycles. The summed E-state index contributed by atoms with van der Waals surface area (Å²) in [5.41, 5.74) is 13.1. The molecule has 2 aromatic carbocycles. The third-order valence-corrected chi connectivity index (χ3v) is 6.94. The van der Waals surface area contributed by atoms with E-state index in [0.717, 1.165) is 10.9 Å². The lowest BCUT2D eigenvalue weighted by atomic mass is 10.0. The normalized spacial score (nSPS) is 13.9. The fraction of sp³-hybridized carbons (Fsp3) is 0.321. The molecule has 0 aliphatic heterocycles. The molecule has 4 amide bonds. The molecule has 0 aliphatic carbocycles. The van der Waals surface area contributed by atoms with E-state index in [1.54, 1.807) is 6.20 Å². The summed E-state index contributed by atoms with van der Waals surface area (Å²) in [6, 6.07) is 8.35. The lowest BCUT2D eigenvalue weighted by molar-refractivity contribution is -0.142. The fourth-order valence-corrected chi connectivity index (χ4v) is 4.50. The van der Waals surface area contributed by atoms with E-state index in [0.29, 0.717) is 11.1 Å². The summed E-state index contributed by atoms with van der Waals surface area (Å²) >= 11 is 4.16. The van der Waals surface area contributed by atoms with E-state index in [9.17, 15) is 34.2 Å². The zero-order chi connectivity index (χ0) is 30.8. The van der Waals surface area contributed by atoms with Gasteiger partial charge in [-0.25, -0.2) is 4.79 Å². The minimum atomic E-state index is -1.33. The molecule has 4 unspecified atom stereocenters. The van der Waals surface area contributed by atoms with Gasteiger partial charge in [0.2, 0.25) is 23.6 Å². The first-order chi connectivity index (χ1) is 20.0. The smallest absolute Gasteiger partial charge is 0.326 e. The van der Waals surface area contributed by atoms with Crippen molar-refractivity contribution in [2.24, 2.45) is 11.5 Å². The highest BCUT2D eigenvalue weighted by atomic mass is 32.1. The summed E-state index contributed by atoms with van der Waals surface area (Å²) in [5.74, 6) is -4.29. The summed E-state index contributed by atoms with van der Waals surface area (Å²) in [5, 5.41) is 27.5. The largest absolute Gasteiger partial charge is 0.508 e. The van der Waals surface area contributed by atoms with Crippen LogP contribution in [0.1, 0.15) is 24.0 Å². The number of primary amides is 1. The van der Waals surface area contributed by atoms with Crippen LogP contribution in [0.3, 0.4) is 0 Å². The number of carboxylic acid groups (broad SMARTS) is 1. The van der Waals surface area contributed by atoms with E-state index in [2.05, 4.69) is 33.6 Å². The number of hydrogen-bond acceptors (Lipinski definition) is 8. The SMILES string of the molecule is NC(=O)CCC(N)C(=O)NC(Cc1c[nH]c2ccccc12)C(=O)NC(CS)C(=O)NC(Cc1ccc(O)cc1)C(=O)O. The molecule has 10 N–H and O–H groups in total. The van der Waals surface area contributed by atoms with Crippen LogP contribution in [-0.4, -0.2) is 74.7 Å². The van der Waals surface area contributed by atoms with Gasteiger partial charge in [0.15, 0.2) is 0 Å². The van der Waals surface area contributed by atoms with Crippen molar-refractivity contribution in [2.75, 3.05) is 5.75 Å². The quantitative estimate of drug-likeness (QED) is 0.105. The van der Waals surface area contributed by atoms with Gasteiger partial charge in [-0.1, -0.05) is 30.3 Å². The Morgan fingerprint density at radius 2 is 1.48 bits per heavy atom. The van der Waals surface area contributed by atoms with Crippen LogP contribution >= 0.6 is 12.6 Å². The summed E-state index contributed by atoms with van der Waals surface area (Å²) in [6.45, 7) is 0. The Morgan fingerprint density at radius 3 is 2.12 bits per heavy atom. The lowest BCUT2D eigenvalue weighted by Gasteiger charge is -2.24. The number of aromatic nitrogens is 1. The van der Waals surface area contributed by atoms with E-state index in [-0.39, 0.29) is 37.2 Å². The molecule has 0 saturated carbocycles. The molecule has 0 fully saturated rings. The number of carbonyl (C=O) groups is 5. The third kappa shape index (κ3) is 8.97. The van der Waals surface area contributed by atoms with Gasteiger partial charge in [-0.15, -0.1) is 0 Å². The van der Waals surface area contributed by atoms with E-state index in [4.69, 9.17) is 11.5 Å². The summed E-state index contributed by atoms with van der Waals surface area (Å²) in [6.07, 6.45) is 1.51. The molecule has 224 valence electrons. The van der Waals surface area contributed by atoms with Gasteiger partial charge in [-0.2, -0.15) is 12.6 Å². The van der Waals surface area contributed by atoms with Crippen molar-refractivity contribution in [3.05, 3.63) is 65.9 Å². The number of amides is 4. The second-order valence-electron chi connectivity index (χ2n) is 9.75. The molecule has 0 aliphatic rings. The molecule has 1 aromatic heterocycles. The maximum absolute atomic E-state index is 13.4. The molecule has 42 heavy (non-hydrogen) atoms. The number of hydrogen-bond donors (Lipinski definition) is 9. The number of carbonyl (C=O) groups excluding carboxylic acids is 4. The number of carboxylic acids is 1. The van der Waals surface area contributed by atoms with Crippen molar-refractivity contribution < 1.29 is 34.2 Å². The Balaban J connectivity index is 1.75. The molecular formula is C28H34N6O7S. The Kier molecular flexibility index (Phi) is 11.3. The number of aromatic hydroxyl groups is 1. The van der Waals surface area contributed by atoms with Gasteiger partial charge in [-0.05, 0) is 35.7 Å². The van der Waals surface area contributed by atoms with Crippen LogP contribution in [-0.2, 0) is 36.8 Å². The van der Waals surface area contributed by atoms with Crippen molar-refractivity contribution in [1.29, 1.82) is 0 Å². The number of para-hydroxylation sites is 1. The third-order valence-electron chi connectivity index (χ3n) is 6.58. The lowest BCUT2D eigenvalue weighted by Crippen LogP contribution is -2.58. The number of nitrogens with one attached hydrogen (secondary N) is 4. The summed E-state index contributed by atoms with van der Waals surface area (Å²) in [4.78, 5) is 65.4. The Bertz CT molecular complexity index is 1430. The second kappa shape index (κ2) is 14.9. The molecule has 1 heterocycles. The fourth-order valence-electron chi connectivity index (χ4n) is 4.24. The van der Waals surface area contributed by atoms with Gasteiger partial charge in [0.25, 0.3) is 0 Å². The van der Waals surface area contributed by atoms with Crippen LogP contribution in [0.4, 0.5) is 0 Å². The molecule has 3 rings (SSSR count). The maximum atomic E-state index is 13.4. The zero-order valence-electron chi connectivity index (χ0n) is 22.6. The van der Waals surface area contributed by atoms with Crippen LogP contribution in [0.2, 0.25) is 0 Å². The Labute approximate surface area is 246 Å².